The first kappa shape index (κ1) is 22.5. The van der Waals surface area contributed by atoms with Crippen molar-refractivity contribution in [2.24, 2.45) is 23.2 Å². The Hall–Kier alpha value is -2.66. The molecule has 1 amide bonds. The lowest BCUT2D eigenvalue weighted by atomic mass is 9.45. The van der Waals surface area contributed by atoms with Crippen LogP contribution in [-0.2, 0) is 17.9 Å². The number of aromatic nitrogens is 2. The standard InChI is InChI=1S/C24H28BrN5O2/c1-14-18-9-16(24(18,2)3)10-19(14)29-20-12-28-30(23(32)22(20)25)13-21(31)27-11-15-5-7-17(26-4)8-6-15/h5-8,12,14,16,18-19,29H,9-11,13H2,1-3H3,(H,27,31)/t14-,16+,18-,19-/m1/s1. The van der Waals surface area contributed by atoms with Crippen LogP contribution in [0, 0.1) is 29.7 Å². The van der Waals surface area contributed by atoms with E-state index in [2.05, 4.69) is 57.3 Å². The Kier molecular flexibility index (Phi) is 6.13. The lowest BCUT2D eigenvalue weighted by Crippen LogP contribution is -2.58. The van der Waals surface area contributed by atoms with E-state index in [0.29, 0.717) is 45.7 Å². The largest absolute Gasteiger partial charge is 0.380 e. The summed E-state index contributed by atoms with van der Waals surface area (Å²) >= 11 is 3.41. The zero-order chi connectivity index (χ0) is 23.0. The summed E-state index contributed by atoms with van der Waals surface area (Å²) in [6, 6.07) is 7.33. The molecule has 1 aromatic heterocycles. The zero-order valence-electron chi connectivity index (χ0n) is 18.6. The third-order valence-electron chi connectivity index (χ3n) is 7.53. The molecule has 32 heavy (non-hydrogen) atoms. The highest BCUT2D eigenvalue weighted by Crippen LogP contribution is 2.61. The molecule has 0 radical (unpaired) electrons. The second-order valence-electron chi connectivity index (χ2n) is 9.60. The Morgan fingerprint density at radius 1 is 1.31 bits per heavy atom. The molecular formula is C24H28BrN5O2. The van der Waals surface area contributed by atoms with Crippen molar-refractivity contribution in [1.29, 1.82) is 0 Å². The molecule has 7 nitrogen and oxygen atoms in total. The van der Waals surface area contributed by atoms with Crippen molar-refractivity contribution in [3.63, 3.8) is 0 Å². The van der Waals surface area contributed by atoms with Gasteiger partial charge in [-0.1, -0.05) is 45.0 Å². The average Bonchev–Trinajstić information content (AvgIpc) is 2.78. The summed E-state index contributed by atoms with van der Waals surface area (Å²) < 4.78 is 1.57. The molecule has 3 saturated carbocycles. The van der Waals surface area contributed by atoms with Gasteiger partial charge in [0.25, 0.3) is 5.56 Å². The average molecular weight is 498 g/mol. The number of benzene rings is 1. The minimum absolute atomic E-state index is 0.157. The van der Waals surface area contributed by atoms with Gasteiger partial charge in [0.1, 0.15) is 11.0 Å². The van der Waals surface area contributed by atoms with Gasteiger partial charge in [0.15, 0.2) is 5.69 Å². The highest BCUT2D eigenvalue weighted by molar-refractivity contribution is 9.10. The van der Waals surface area contributed by atoms with Crippen molar-refractivity contribution in [2.75, 3.05) is 5.32 Å². The summed E-state index contributed by atoms with van der Waals surface area (Å²) in [5.74, 6) is 1.64. The molecule has 168 valence electrons. The molecule has 0 unspecified atom stereocenters. The maximum Gasteiger partial charge on any atom is 0.283 e. The molecule has 2 bridgehead atoms. The number of nitrogens with one attached hydrogen (secondary N) is 2. The SMILES string of the molecule is [C-]#[N+]c1ccc(CNC(=O)Cn2ncc(N[C@@H]3C[C@@H]4C[C@H]([C@H]3C)C4(C)C)c(Br)c2=O)cc1. The number of fused-ring (bicyclic) bond motifs is 2. The van der Waals surface area contributed by atoms with Crippen LogP contribution in [0.4, 0.5) is 11.4 Å². The fourth-order valence-electron chi connectivity index (χ4n) is 5.30. The first-order chi connectivity index (χ1) is 15.2. The van der Waals surface area contributed by atoms with E-state index in [4.69, 9.17) is 6.57 Å². The van der Waals surface area contributed by atoms with E-state index in [1.54, 1.807) is 30.5 Å². The van der Waals surface area contributed by atoms with E-state index in [9.17, 15) is 9.59 Å². The number of nitrogens with zero attached hydrogens (tertiary/aromatic N) is 3. The predicted octanol–water partition coefficient (Wildman–Crippen LogP) is 4.36. The van der Waals surface area contributed by atoms with Gasteiger partial charge in [-0.05, 0) is 57.5 Å². The van der Waals surface area contributed by atoms with E-state index in [1.165, 1.54) is 6.42 Å². The Labute approximate surface area is 196 Å². The van der Waals surface area contributed by atoms with Gasteiger partial charge in [0, 0.05) is 12.6 Å². The molecule has 0 saturated heterocycles. The van der Waals surface area contributed by atoms with Gasteiger partial charge in [-0.15, -0.1) is 0 Å². The Morgan fingerprint density at radius 3 is 2.66 bits per heavy atom. The van der Waals surface area contributed by atoms with Gasteiger partial charge < -0.3 is 10.6 Å². The summed E-state index contributed by atoms with van der Waals surface area (Å²) in [5, 5.41) is 10.5. The number of rotatable bonds is 6. The number of carbonyl (C=O) groups excluding carboxylic acids is 1. The number of hydrogen-bond acceptors (Lipinski definition) is 4. The molecule has 1 aromatic carbocycles. The van der Waals surface area contributed by atoms with Crippen LogP contribution in [0.2, 0.25) is 0 Å². The van der Waals surface area contributed by atoms with Gasteiger partial charge in [-0.3, -0.25) is 9.59 Å². The zero-order valence-corrected chi connectivity index (χ0v) is 20.1. The molecule has 3 aliphatic carbocycles. The first-order valence-corrected chi connectivity index (χ1v) is 11.7. The summed E-state index contributed by atoms with van der Waals surface area (Å²) in [6.07, 6.45) is 4.02. The minimum atomic E-state index is -0.333. The second-order valence-corrected chi connectivity index (χ2v) is 10.4. The van der Waals surface area contributed by atoms with Crippen molar-refractivity contribution in [1.82, 2.24) is 15.1 Å². The van der Waals surface area contributed by atoms with Crippen LogP contribution in [-0.4, -0.2) is 21.7 Å². The first-order valence-electron chi connectivity index (χ1n) is 11.0. The molecule has 0 spiro atoms. The molecule has 2 aromatic rings. The fourth-order valence-corrected chi connectivity index (χ4v) is 5.72. The van der Waals surface area contributed by atoms with Crippen LogP contribution in [0.15, 0.2) is 39.7 Å². The van der Waals surface area contributed by atoms with Crippen LogP contribution in [0.3, 0.4) is 0 Å². The number of hydrogen-bond donors (Lipinski definition) is 2. The van der Waals surface area contributed by atoms with Crippen molar-refractivity contribution in [3.8, 4) is 0 Å². The van der Waals surface area contributed by atoms with E-state index in [1.807, 2.05) is 0 Å². The summed E-state index contributed by atoms with van der Waals surface area (Å²) in [7, 11) is 0. The fraction of sp³-hybridized carbons (Fsp3) is 0.500. The van der Waals surface area contributed by atoms with Crippen molar-refractivity contribution in [2.45, 2.75) is 52.7 Å². The molecule has 3 aliphatic rings. The lowest BCUT2D eigenvalue weighted by Gasteiger charge is -2.62. The molecule has 0 aliphatic heterocycles. The second kappa shape index (κ2) is 8.70. The molecule has 5 rings (SSSR count). The highest BCUT2D eigenvalue weighted by Gasteiger charge is 2.56. The number of amides is 1. The monoisotopic (exact) mass is 497 g/mol. The quantitative estimate of drug-likeness (QED) is 0.581. The summed E-state index contributed by atoms with van der Waals surface area (Å²) in [6.45, 7) is 14.2. The van der Waals surface area contributed by atoms with Crippen molar-refractivity contribution in [3.05, 3.63) is 62.3 Å². The van der Waals surface area contributed by atoms with Crippen LogP contribution in [0.1, 0.15) is 39.2 Å². The summed E-state index contributed by atoms with van der Waals surface area (Å²) in [5.41, 5.74) is 2.19. The number of carbonyl (C=O) groups is 1. The molecule has 4 atom stereocenters. The van der Waals surface area contributed by atoms with Crippen LogP contribution in [0.25, 0.3) is 4.85 Å². The van der Waals surface area contributed by atoms with Crippen LogP contribution in [0.5, 0.6) is 0 Å². The predicted molar refractivity (Wildman–Crippen MR) is 127 cm³/mol. The lowest BCUT2D eigenvalue weighted by molar-refractivity contribution is -0.122. The Bertz CT molecular complexity index is 1120. The topological polar surface area (TPSA) is 80.4 Å². The van der Waals surface area contributed by atoms with Crippen molar-refractivity contribution < 1.29 is 4.79 Å². The van der Waals surface area contributed by atoms with E-state index in [-0.39, 0.29) is 18.0 Å². The van der Waals surface area contributed by atoms with E-state index < -0.39 is 0 Å². The molecule has 8 heteroatoms. The third-order valence-corrected chi connectivity index (χ3v) is 8.29. The number of halogens is 1. The molecule has 2 N–H and O–H groups in total. The van der Waals surface area contributed by atoms with Crippen molar-refractivity contribution >= 4 is 33.2 Å². The van der Waals surface area contributed by atoms with Gasteiger partial charge in [0.2, 0.25) is 5.91 Å². The Morgan fingerprint density at radius 2 is 2.03 bits per heavy atom. The summed E-state index contributed by atoms with van der Waals surface area (Å²) in [4.78, 5) is 28.5. The maximum atomic E-state index is 12.8. The molecule has 3 fully saturated rings. The van der Waals surface area contributed by atoms with E-state index in [0.717, 1.165) is 22.6 Å². The normalized spacial score (nSPS) is 25.3. The van der Waals surface area contributed by atoms with E-state index >= 15 is 0 Å². The van der Waals surface area contributed by atoms with Gasteiger partial charge >= 0.3 is 0 Å². The minimum Gasteiger partial charge on any atom is -0.380 e. The molecular weight excluding hydrogens is 470 g/mol. The third kappa shape index (κ3) is 4.18. The van der Waals surface area contributed by atoms with Gasteiger partial charge in [-0.25, -0.2) is 9.53 Å². The van der Waals surface area contributed by atoms with Gasteiger partial charge in [-0.2, -0.15) is 5.10 Å². The Balaban J connectivity index is 1.37. The van der Waals surface area contributed by atoms with Crippen LogP contribution >= 0.6 is 15.9 Å². The molecule has 1 heterocycles. The number of anilines is 1. The van der Waals surface area contributed by atoms with Gasteiger partial charge in [0.05, 0.1) is 18.5 Å². The smallest absolute Gasteiger partial charge is 0.283 e. The van der Waals surface area contributed by atoms with Crippen LogP contribution < -0.4 is 16.2 Å². The maximum absolute atomic E-state index is 12.8. The highest BCUT2D eigenvalue weighted by atomic mass is 79.9.